The molecule has 3 unspecified atom stereocenters. The third-order valence-corrected chi connectivity index (χ3v) is 5.21. The van der Waals surface area contributed by atoms with Crippen LogP contribution >= 0.6 is 27.3 Å². The Morgan fingerprint density at radius 1 is 1.47 bits per heavy atom. The quantitative estimate of drug-likeness (QED) is 0.907. The second-order valence-electron chi connectivity index (χ2n) is 4.80. The summed E-state index contributed by atoms with van der Waals surface area (Å²) in [6, 6.07) is 4.18. The number of rotatable bonds is 4. The summed E-state index contributed by atoms with van der Waals surface area (Å²) >= 11 is 5.21. The van der Waals surface area contributed by atoms with Crippen LogP contribution in [0, 0.1) is 5.92 Å². The molecule has 0 radical (unpaired) electrons. The van der Waals surface area contributed by atoms with Crippen LogP contribution in [0.25, 0.3) is 0 Å². The van der Waals surface area contributed by atoms with E-state index in [9.17, 15) is 0 Å². The highest BCUT2D eigenvalue weighted by molar-refractivity contribution is 9.11. The fourth-order valence-electron chi connectivity index (χ4n) is 2.44. The molecule has 2 nitrogen and oxygen atoms in total. The predicted molar refractivity (Wildman–Crippen MR) is 76.3 cm³/mol. The van der Waals surface area contributed by atoms with Crippen LogP contribution in [0.1, 0.15) is 43.6 Å². The van der Waals surface area contributed by atoms with Gasteiger partial charge in [-0.1, -0.05) is 19.8 Å². The van der Waals surface area contributed by atoms with Crippen molar-refractivity contribution >= 4 is 27.3 Å². The highest BCUT2D eigenvalue weighted by atomic mass is 79.9. The molecule has 1 aliphatic rings. The first-order chi connectivity index (χ1) is 8.20. The SMILES string of the molecule is CC1CCCCC1OC(CN)c1ccc(Br)s1. The van der Waals surface area contributed by atoms with E-state index in [1.54, 1.807) is 11.3 Å². The van der Waals surface area contributed by atoms with Gasteiger partial charge in [-0.15, -0.1) is 11.3 Å². The smallest absolute Gasteiger partial charge is 0.104 e. The van der Waals surface area contributed by atoms with E-state index in [4.69, 9.17) is 10.5 Å². The van der Waals surface area contributed by atoms with Gasteiger partial charge in [0.1, 0.15) is 6.10 Å². The molecule has 1 aromatic heterocycles. The molecule has 2 N–H and O–H groups in total. The summed E-state index contributed by atoms with van der Waals surface area (Å²) in [6.45, 7) is 2.86. The summed E-state index contributed by atoms with van der Waals surface area (Å²) < 4.78 is 7.36. The van der Waals surface area contributed by atoms with Gasteiger partial charge in [0, 0.05) is 11.4 Å². The molecule has 3 atom stereocenters. The van der Waals surface area contributed by atoms with Crippen molar-refractivity contribution in [2.75, 3.05) is 6.54 Å². The average Bonchev–Trinajstić information content (AvgIpc) is 2.75. The van der Waals surface area contributed by atoms with Crippen LogP contribution in [0.15, 0.2) is 15.9 Å². The third kappa shape index (κ3) is 3.53. The van der Waals surface area contributed by atoms with E-state index in [-0.39, 0.29) is 6.10 Å². The Labute approximate surface area is 116 Å². The predicted octanol–water partition coefficient (Wildman–Crippen LogP) is 4.11. The summed E-state index contributed by atoms with van der Waals surface area (Å²) in [5.74, 6) is 0.668. The van der Waals surface area contributed by atoms with Crippen LogP contribution in [0.3, 0.4) is 0 Å². The Bertz CT molecular complexity index is 355. The molecule has 0 amide bonds. The van der Waals surface area contributed by atoms with Crippen molar-refractivity contribution in [3.05, 3.63) is 20.8 Å². The standard InChI is InChI=1S/C13H20BrNOS/c1-9-4-2-3-5-10(9)16-11(8-15)12-6-7-13(14)17-12/h6-7,9-11H,2-5,8,15H2,1H3. The highest BCUT2D eigenvalue weighted by Gasteiger charge is 2.25. The molecule has 1 fully saturated rings. The molecule has 17 heavy (non-hydrogen) atoms. The van der Waals surface area contributed by atoms with Crippen LogP contribution in [-0.2, 0) is 4.74 Å². The molecular formula is C13H20BrNOS. The maximum Gasteiger partial charge on any atom is 0.104 e. The lowest BCUT2D eigenvalue weighted by Gasteiger charge is -2.31. The van der Waals surface area contributed by atoms with Gasteiger partial charge in [-0.2, -0.15) is 0 Å². The fraction of sp³-hybridized carbons (Fsp3) is 0.692. The van der Waals surface area contributed by atoms with Crippen LogP contribution in [0.4, 0.5) is 0 Å². The van der Waals surface area contributed by atoms with E-state index in [1.807, 2.05) is 0 Å². The number of nitrogens with two attached hydrogens (primary N) is 1. The summed E-state index contributed by atoms with van der Waals surface area (Å²) in [4.78, 5) is 1.23. The summed E-state index contributed by atoms with van der Waals surface area (Å²) in [5.41, 5.74) is 5.84. The first kappa shape index (κ1) is 13.5. The summed E-state index contributed by atoms with van der Waals surface area (Å²) in [5, 5.41) is 0. The van der Waals surface area contributed by atoms with E-state index in [0.717, 1.165) is 3.79 Å². The second kappa shape index (κ2) is 6.32. The largest absolute Gasteiger partial charge is 0.368 e. The molecule has 0 spiro atoms. The highest BCUT2D eigenvalue weighted by Crippen LogP contribution is 2.34. The van der Waals surface area contributed by atoms with Gasteiger partial charge in [-0.3, -0.25) is 0 Å². The van der Waals surface area contributed by atoms with Crippen molar-refractivity contribution in [2.45, 2.75) is 44.8 Å². The number of hydrogen-bond acceptors (Lipinski definition) is 3. The van der Waals surface area contributed by atoms with Gasteiger partial charge >= 0.3 is 0 Å². The molecule has 96 valence electrons. The minimum Gasteiger partial charge on any atom is -0.368 e. The van der Waals surface area contributed by atoms with Gasteiger partial charge in [0.15, 0.2) is 0 Å². The van der Waals surface area contributed by atoms with Gasteiger partial charge in [0.25, 0.3) is 0 Å². The molecule has 1 aromatic rings. The van der Waals surface area contributed by atoms with Crippen molar-refractivity contribution in [1.29, 1.82) is 0 Å². The molecule has 4 heteroatoms. The zero-order valence-corrected chi connectivity index (χ0v) is 12.6. The Balaban J connectivity index is 1.99. The van der Waals surface area contributed by atoms with E-state index >= 15 is 0 Å². The van der Waals surface area contributed by atoms with Crippen molar-refractivity contribution in [2.24, 2.45) is 11.7 Å². The molecule has 1 heterocycles. The van der Waals surface area contributed by atoms with Gasteiger partial charge in [0.05, 0.1) is 9.89 Å². The molecule has 0 aromatic carbocycles. The van der Waals surface area contributed by atoms with Gasteiger partial charge in [-0.25, -0.2) is 0 Å². The number of hydrogen-bond donors (Lipinski definition) is 1. The molecular weight excluding hydrogens is 298 g/mol. The van der Waals surface area contributed by atoms with Crippen LogP contribution < -0.4 is 5.73 Å². The maximum atomic E-state index is 6.22. The first-order valence-electron chi connectivity index (χ1n) is 6.31. The summed E-state index contributed by atoms with van der Waals surface area (Å²) in [6.07, 6.45) is 5.56. The lowest BCUT2D eigenvalue weighted by molar-refractivity contribution is -0.0519. The maximum absolute atomic E-state index is 6.22. The fourth-order valence-corrected chi connectivity index (χ4v) is 3.91. The zero-order chi connectivity index (χ0) is 12.3. The lowest BCUT2D eigenvalue weighted by atomic mass is 9.88. The topological polar surface area (TPSA) is 35.2 Å². The Kier molecular flexibility index (Phi) is 5.03. The van der Waals surface area contributed by atoms with Crippen molar-refractivity contribution in [3.8, 4) is 0 Å². The summed E-state index contributed by atoms with van der Waals surface area (Å²) in [7, 11) is 0. The van der Waals surface area contributed by atoms with Crippen LogP contribution in [0.2, 0.25) is 0 Å². The minimum atomic E-state index is 0.0665. The van der Waals surface area contributed by atoms with E-state index < -0.39 is 0 Å². The van der Waals surface area contributed by atoms with Crippen LogP contribution in [0.5, 0.6) is 0 Å². The van der Waals surface area contributed by atoms with Crippen LogP contribution in [-0.4, -0.2) is 12.6 Å². The van der Waals surface area contributed by atoms with Crippen molar-refractivity contribution in [3.63, 3.8) is 0 Å². The second-order valence-corrected chi connectivity index (χ2v) is 7.30. The Morgan fingerprint density at radius 3 is 2.82 bits per heavy atom. The molecule has 0 bridgehead atoms. The first-order valence-corrected chi connectivity index (χ1v) is 7.92. The van der Waals surface area contributed by atoms with Gasteiger partial charge < -0.3 is 10.5 Å². The number of ether oxygens (including phenoxy) is 1. The molecule has 2 rings (SSSR count). The zero-order valence-electron chi connectivity index (χ0n) is 10.2. The number of halogens is 1. The monoisotopic (exact) mass is 317 g/mol. The average molecular weight is 318 g/mol. The minimum absolute atomic E-state index is 0.0665. The van der Waals surface area contributed by atoms with Crippen molar-refractivity contribution < 1.29 is 4.74 Å². The van der Waals surface area contributed by atoms with Gasteiger partial charge in [0.2, 0.25) is 0 Å². The molecule has 1 aliphatic carbocycles. The van der Waals surface area contributed by atoms with E-state index in [2.05, 4.69) is 35.0 Å². The third-order valence-electron chi connectivity index (χ3n) is 3.50. The van der Waals surface area contributed by atoms with Gasteiger partial charge in [-0.05, 0) is 46.8 Å². The normalized spacial score (nSPS) is 27.0. The molecule has 0 saturated heterocycles. The lowest BCUT2D eigenvalue weighted by Crippen LogP contribution is -2.29. The number of thiophene rings is 1. The Morgan fingerprint density at radius 2 is 2.24 bits per heavy atom. The Hall–Kier alpha value is 0.1000. The molecule has 0 aliphatic heterocycles. The van der Waals surface area contributed by atoms with Crippen molar-refractivity contribution in [1.82, 2.24) is 0 Å². The van der Waals surface area contributed by atoms with E-state index in [1.165, 1.54) is 30.6 Å². The van der Waals surface area contributed by atoms with E-state index in [0.29, 0.717) is 18.6 Å². The molecule has 1 saturated carbocycles.